The summed E-state index contributed by atoms with van der Waals surface area (Å²) < 4.78 is 70.2. The van der Waals surface area contributed by atoms with Crippen LogP contribution in [0.4, 0.5) is 17.6 Å². The molecule has 1 atom stereocenters. The molecule has 1 aliphatic heterocycles. The molecule has 4 rings (SSSR count). The number of benzene rings is 2. The van der Waals surface area contributed by atoms with Crippen LogP contribution in [0.15, 0.2) is 59.6 Å². The summed E-state index contributed by atoms with van der Waals surface area (Å²) in [5, 5.41) is 17.3. The minimum absolute atomic E-state index is 0.0833. The molecule has 0 amide bonds. The Kier molecular flexibility index (Phi) is 7.18. The number of carboxylic acid groups (broad SMARTS) is 1. The Bertz CT molecular complexity index is 1240. The number of aromatic amines is 1. The van der Waals surface area contributed by atoms with Gasteiger partial charge >= 0.3 is 12.1 Å². The first kappa shape index (κ1) is 24.4. The van der Waals surface area contributed by atoms with E-state index in [0.29, 0.717) is 29.2 Å². The van der Waals surface area contributed by atoms with Crippen molar-refractivity contribution in [1.82, 2.24) is 15.5 Å². The number of rotatable bonds is 5. The lowest BCUT2D eigenvalue weighted by atomic mass is 10.0. The van der Waals surface area contributed by atoms with Gasteiger partial charge in [-0.2, -0.15) is 18.3 Å². The predicted molar refractivity (Wildman–Crippen MR) is 111 cm³/mol. The van der Waals surface area contributed by atoms with Gasteiger partial charge in [-0.15, -0.1) is 0 Å². The van der Waals surface area contributed by atoms with Gasteiger partial charge in [0, 0.05) is 30.1 Å². The molecule has 7 nitrogen and oxygen atoms in total. The van der Waals surface area contributed by atoms with Crippen molar-refractivity contribution in [3.8, 4) is 11.3 Å². The number of H-pyrrole nitrogens is 1. The maximum absolute atomic E-state index is 14.0. The van der Waals surface area contributed by atoms with Crippen LogP contribution >= 0.6 is 0 Å². The molecule has 0 fully saturated rings. The molecule has 33 heavy (non-hydrogen) atoms. The van der Waals surface area contributed by atoms with Gasteiger partial charge < -0.3 is 10.4 Å². The molecule has 3 aromatic rings. The third kappa shape index (κ3) is 5.76. The minimum atomic E-state index is -5.08. The Morgan fingerprint density at radius 2 is 1.79 bits per heavy atom. The highest BCUT2D eigenvalue weighted by molar-refractivity contribution is 7.91. The second-order valence-electron chi connectivity index (χ2n) is 7.20. The van der Waals surface area contributed by atoms with Gasteiger partial charge in [-0.1, -0.05) is 30.3 Å². The lowest BCUT2D eigenvalue weighted by Crippen LogP contribution is -2.22. The smallest absolute Gasteiger partial charge is 0.475 e. The number of halogens is 4. The number of alkyl halides is 3. The first-order valence-corrected chi connectivity index (χ1v) is 11.3. The van der Waals surface area contributed by atoms with Crippen LogP contribution in [-0.4, -0.2) is 48.2 Å². The number of carbonyl (C=O) groups is 1. The van der Waals surface area contributed by atoms with E-state index in [9.17, 15) is 26.0 Å². The quantitative estimate of drug-likeness (QED) is 0.477. The Morgan fingerprint density at radius 1 is 1.15 bits per heavy atom. The molecular formula is C21H19F4N3O4S. The molecule has 176 valence electrons. The number of nitrogens with one attached hydrogen (secondary N) is 2. The lowest BCUT2D eigenvalue weighted by Gasteiger charge is -2.12. The van der Waals surface area contributed by atoms with E-state index in [1.54, 1.807) is 36.5 Å². The standard InChI is InChI=1S/C19H18FN3O2S.C2HF3O2/c20-17-7-3-1-6-16(17)19-13(11-22-23-19)9-21-10-14-12-26(24,25)18-8-4-2-5-15(14)18;3-2(4,5)1(6)7/h1-8,11,14,21H,9-10,12H2,(H,22,23);(H,6,7). The number of aliphatic carboxylic acids is 1. The molecule has 0 aliphatic carbocycles. The third-order valence-corrected chi connectivity index (χ3v) is 6.81. The Labute approximate surface area is 186 Å². The van der Waals surface area contributed by atoms with Crippen molar-refractivity contribution in [2.75, 3.05) is 12.3 Å². The van der Waals surface area contributed by atoms with Crippen LogP contribution in [0.3, 0.4) is 0 Å². The zero-order valence-electron chi connectivity index (χ0n) is 16.9. The summed E-state index contributed by atoms with van der Waals surface area (Å²) in [4.78, 5) is 9.33. The van der Waals surface area contributed by atoms with Gasteiger partial charge in [0.1, 0.15) is 5.82 Å². The van der Waals surface area contributed by atoms with Gasteiger partial charge in [-0.25, -0.2) is 17.6 Å². The minimum Gasteiger partial charge on any atom is -0.475 e. The number of sulfone groups is 1. The first-order chi connectivity index (χ1) is 15.5. The monoisotopic (exact) mass is 485 g/mol. The maximum atomic E-state index is 14.0. The molecule has 1 unspecified atom stereocenters. The fourth-order valence-electron chi connectivity index (χ4n) is 3.44. The average Bonchev–Trinajstić information content (AvgIpc) is 3.31. The topological polar surface area (TPSA) is 112 Å². The third-order valence-electron chi connectivity index (χ3n) is 4.92. The van der Waals surface area contributed by atoms with E-state index in [2.05, 4.69) is 15.5 Å². The van der Waals surface area contributed by atoms with Crippen molar-refractivity contribution in [2.45, 2.75) is 23.5 Å². The van der Waals surface area contributed by atoms with Crippen LogP contribution < -0.4 is 5.32 Å². The van der Waals surface area contributed by atoms with Gasteiger partial charge in [0.25, 0.3) is 0 Å². The lowest BCUT2D eigenvalue weighted by molar-refractivity contribution is -0.192. The fraction of sp³-hybridized carbons (Fsp3) is 0.238. The zero-order valence-corrected chi connectivity index (χ0v) is 17.8. The molecule has 0 radical (unpaired) electrons. The van der Waals surface area contributed by atoms with E-state index in [-0.39, 0.29) is 17.5 Å². The van der Waals surface area contributed by atoms with Gasteiger partial charge in [0.05, 0.1) is 22.5 Å². The summed E-state index contributed by atoms with van der Waals surface area (Å²) in [6.07, 6.45) is -3.42. The van der Waals surface area contributed by atoms with Crippen LogP contribution in [0.5, 0.6) is 0 Å². The second kappa shape index (κ2) is 9.71. The fourth-order valence-corrected chi connectivity index (χ4v) is 5.32. The molecule has 1 aliphatic rings. The van der Waals surface area contributed by atoms with Gasteiger partial charge in [-0.05, 0) is 23.8 Å². The summed E-state index contributed by atoms with van der Waals surface area (Å²) in [6.45, 7) is 0.997. The van der Waals surface area contributed by atoms with Crippen molar-refractivity contribution in [3.63, 3.8) is 0 Å². The van der Waals surface area contributed by atoms with E-state index in [1.165, 1.54) is 6.07 Å². The highest BCUT2D eigenvalue weighted by Crippen LogP contribution is 2.34. The highest BCUT2D eigenvalue weighted by atomic mass is 32.2. The van der Waals surface area contributed by atoms with E-state index in [0.717, 1.165) is 11.1 Å². The Balaban J connectivity index is 0.000000383. The van der Waals surface area contributed by atoms with Crippen molar-refractivity contribution >= 4 is 15.8 Å². The molecule has 12 heteroatoms. The van der Waals surface area contributed by atoms with E-state index in [4.69, 9.17) is 9.90 Å². The Hall–Kier alpha value is -3.25. The van der Waals surface area contributed by atoms with Crippen LogP contribution in [0.25, 0.3) is 11.3 Å². The van der Waals surface area contributed by atoms with Crippen molar-refractivity contribution < 1.29 is 35.9 Å². The van der Waals surface area contributed by atoms with Crippen LogP contribution in [0, 0.1) is 5.82 Å². The number of hydrogen-bond acceptors (Lipinski definition) is 5. The van der Waals surface area contributed by atoms with E-state index >= 15 is 0 Å². The molecule has 0 spiro atoms. The van der Waals surface area contributed by atoms with Crippen molar-refractivity contribution in [3.05, 3.63) is 71.7 Å². The second-order valence-corrected chi connectivity index (χ2v) is 9.20. The first-order valence-electron chi connectivity index (χ1n) is 9.60. The SMILES string of the molecule is O=C(O)C(F)(F)F.O=S1(=O)CC(CNCc2cn[nH]c2-c2ccccc2F)c2ccccc21. The van der Waals surface area contributed by atoms with Gasteiger partial charge in [-0.3, -0.25) is 5.10 Å². The normalized spacial score (nSPS) is 16.5. The largest absolute Gasteiger partial charge is 0.490 e. The number of hydrogen-bond donors (Lipinski definition) is 3. The summed E-state index contributed by atoms with van der Waals surface area (Å²) in [5.74, 6) is -3.04. The van der Waals surface area contributed by atoms with Crippen molar-refractivity contribution in [1.29, 1.82) is 0 Å². The molecule has 0 saturated heterocycles. The highest BCUT2D eigenvalue weighted by Gasteiger charge is 2.38. The Morgan fingerprint density at radius 3 is 2.45 bits per heavy atom. The summed E-state index contributed by atoms with van der Waals surface area (Å²) in [6, 6.07) is 13.7. The maximum Gasteiger partial charge on any atom is 0.490 e. The van der Waals surface area contributed by atoms with Gasteiger partial charge in [0.15, 0.2) is 9.84 Å². The number of nitrogens with zero attached hydrogens (tertiary/aromatic N) is 1. The molecule has 0 saturated carbocycles. The zero-order chi connectivity index (χ0) is 24.2. The van der Waals surface area contributed by atoms with Crippen LogP contribution in [-0.2, 0) is 21.2 Å². The molecule has 3 N–H and O–H groups in total. The molecule has 2 aromatic carbocycles. The van der Waals surface area contributed by atoms with Crippen LogP contribution in [0.1, 0.15) is 17.0 Å². The van der Waals surface area contributed by atoms with Gasteiger partial charge in [0.2, 0.25) is 0 Å². The molecule has 2 heterocycles. The number of aromatic nitrogens is 2. The van der Waals surface area contributed by atoms with Crippen LogP contribution in [0.2, 0.25) is 0 Å². The number of carboxylic acids is 1. The summed E-state index contributed by atoms with van der Waals surface area (Å²) >= 11 is 0. The summed E-state index contributed by atoms with van der Waals surface area (Å²) in [7, 11) is -3.20. The molecule has 0 bridgehead atoms. The molecule has 1 aromatic heterocycles. The average molecular weight is 485 g/mol. The van der Waals surface area contributed by atoms with E-state index < -0.39 is 22.0 Å². The van der Waals surface area contributed by atoms with Crippen molar-refractivity contribution in [2.24, 2.45) is 0 Å². The van der Waals surface area contributed by atoms with E-state index in [1.807, 2.05) is 12.1 Å². The number of fused-ring (bicyclic) bond motifs is 1. The summed E-state index contributed by atoms with van der Waals surface area (Å²) in [5.41, 5.74) is 2.80. The predicted octanol–water partition coefficient (Wildman–Crippen LogP) is 3.51. The molecular weight excluding hydrogens is 466 g/mol.